The molecule has 0 aliphatic heterocycles. The summed E-state index contributed by atoms with van der Waals surface area (Å²) in [6, 6.07) is 0. The summed E-state index contributed by atoms with van der Waals surface area (Å²) in [5.41, 5.74) is 0. The summed E-state index contributed by atoms with van der Waals surface area (Å²) < 4.78 is 0. The molecule has 0 aliphatic carbocycles. The van der Waals surface area contributed by atoms with Crippen molar-refractivity contribution < 1.29 is 15.1 Å². The van der Waals surface area contributed by atoms with Crippen molar-refractivity contribution in [3.8, 4) is 0 Å². The first kappa shape index (κ1) is 9.78. The molecule has 0 radical (unpaired) electrons. The van der Waals surface area contributed by atoms with Gasteiger partial charge in [-0.2, -0.15) is 0 Å². The van der Waals surface area contributed by atoms with Crippen LogP contribution in [0.25, 0.3) is 0 Å². The number of hydrogen-bond acceptors (Lipinski definition) is 3. The second-order valence-corrected chi connectivity index (χ2v) is 2.76. The van der Waals surface area contributed by atoms with Gasteiger partial charge in [0.1, 0.15) is 0 Å². The molecule has 0 aliphatic rings. The van der Waals surface area contributed by atoms with E-state index in [4.69, 9.17) is 29.5 Å². The van der Waals surface area contributed by atoms with Crippen LogP contribution in [0.1, 0.15) is 0 Å². The van der Waals surface area contributed by atoms with Crippen molar-refractivity contribution in [1.29, 1.82) is 0 Å². The fourth-order valence-corrected chi connectivity index (χ4v) is 0. The molecule has 6 heavy (non-hydrogen) atoms. The summed E-state index contributed by atoms with van der Waals surface area (Å²) >= 11 is -0.346. The molecule has 0 spiro atoms. The van der Waals surface area contributed by atoms with Gasteiger partial charge in [-0.05, 0) is 0 Å². The monoisotopic (exact) mass is 218 g/mol. The number of hydrogen-bond donors (Lipinski definition) is 0. The van der Waals surface area contributed by atoms with E-state index in [1.807, 2.05) is 0 Å². The first-order chi connectivity index (χ1) is 2.83. The van der Waals surface area contributed by atoms with Crippen LogP contribution in [-0.4, -0.2) is 0 Å². The van der Waals surface area contributed by atoms with Crippen molar-refractivity contribution in [2.24, 2.45) is 5.34 Å². The van der Waals surface area contributed by atoms with Gasteiger partial charge in [0, 0.05) is 0 Å². The van der Waals surface area contributed by atoms with E-state index in [0.717, 1.165) is 5.34 Å². The summed E-state index contributed by atoms with van der Waals surface area (Å²) in [7, 11) is 9.71. The molecule has 0 unspecified atom stereocenters. The van der Waals surface area contributed by atoms with Crippen molar-refractivity contribution >= 4 is 19.4 Å². The topological polar surface area (TPSA) is 52.5 Å². The van der Waals surface area contributed by atoms with Crippen LogP contribution >= 0.6 is 19.4 Å². The maximum atomic E-state index is 8.00. The van der Waals surface area contributed by atoms with Crippen LogP contribution in [-0.2, 0) is 15.1 Å². The number of nitrogens with zero attached hydrogens (tertiary/aromatic N) is 1. The summed E-state index contributed by atoms with van der Waals surface area (Å²) in [6.45, 7) is 0. The number of rotatable bonds is 0. The maximum absolute atomic E-state index is 8.00. The van der Waals surface area contributed by atoms with E-state index < -0.39 is 0 Å². The van der Waals surface area contributed by atoms with Crippen molar-refractivity contribution in [3.63, 3.8) is 0 Å². The predicted octanol–water partition coefficient (Wildman–Crippen LogP) is 1.63. The third-order valence-corrected chi connectivity index (χ3v) is 0. The molecule has 6 heteroatoms. The summed E-state index contributed by atoms with van der Waals surface area (Å²) in [5.74, 6) is 0. The Balaban J connectivity index is 0. The van der Waals surface area contributed by atoms with Crippen LogP contribution in [0.15, 0.2) is 5.34 Å². The average molecular weight is 218 g/mol. The first-order valence-corrected chi connectivity index (χ1v) is 5.11. The van der Waals surface area contributed by atoms with Crippen LogP contribution in [0.4, 0.5) is 0 Å². The Morgan fingerprint density at radius 1 is 1.67 bits per heavy atom. The van der Waals surface area contributed by atoms with Crippen molar-refractivity contribution in [3.05, 3.63) is 10.1 Å². The fraction of sp³-hybridized carbons (Fsp3) is 0. The van der Waals surface area contributed by atoms with Crippen LogP contribution in [0, 0.1) is 10.1 Å². The van der Waals surface area contributed by atoms with E-state index in [9.17, 15) is 0 Å². The SMILES string of the molecule is O=N[O-].[Cl][Ru][Cl]. The summed E-state index contributed by atoms with van der Waals surface area (Å²) in [5, 5.41) is 9.00. The van der Waals surface area contributed by atoms with Crippen LogP contribution in [0.5, 0.6) is 0 Å². The zero-order chi connectivity index (χ0) is 5.41. The van der Waals surface area contributed by atoms with Gasteiger partial charge in [-0.15, -0.1) is 5.34 Å². The Kier molecular flexibility index (Phi) is 28.6. The van der Waals surface area contributed by atoms with Gasteiger partial charge in [-0.3, -0.25) is 0 Å². The third kappa shape index (κ3) is 164. The molecular weight excluding hydrogens is 218 g/mol. The molecule has 0 amide bonds. The van der Waals surface area contributed by atoms with Crippen molar-refractivity contribution in [2.45, 2.75) is 0 Å². The van der Waals surface area contributed by atoms with E-state index in [1.165, 1.54) is 0 Å². The van der Waals surface area contributed by atoms with Gasteiger partial charge in [-0.1, -0.05) is 0 Å². The van der Waals surface area contributed by atoms with E-state index in [2.05, 4.69) is 0 Å². The second kappa shape index (κ2) is 17.5. The van der Waals surface area contributed by atoms with E-state index in [-0.39, 0.29) is 15.1 Å². The molecule has 0 saturated heterocycles. The van der Waals surface area contributed by atoms with Gasteiger partial charge in [-0.25, -0.2) is 0 Å². The molecule has 0 aromatic heterocycles. The molecule has 0 N–H and O–H groups in total. The molecule has 0 fully saturated rings. The van der Waals surface area contributed by atoms with Crippen molar-refractivity contribution in [2.75, 3.05) is 0 Å². The van der Waals surface area contributed by atoms with Crippen molar-refractivity contribution in [1.82, 2.24) is 0 Å². The first-order valence-electron chi connectivity index (χ1n) is 0.632. The van der Waals surface area contributed by atoms with Crippen LogP contribution in [0.3, 0.4) is 0 Å². The molecule has 0 aromatic carbocycles. The molecule has 0 heterocycles. The fourth-order valence-electron chi connectivity index (χ4n) is 0. The zero-order valence-electron chi connectivity index (χ0n) is 2.37. The molecule has 3 nitrogen and oxygen atoms in total. The molecule has 0 saturated carbocycles. The molecule has 0 aromatic rings. The summed E-state index contributed by atoms with van der Waals surface area (Å²) in [4.78, 5) is 8.00. The van der Waals surface area contributed by atoms with Crippen LogP contribution in [0.2, 0.25) is 0 Å². The van der Waals surface area contributed by atoms with Crippen LogP contribution < -0.4 is 0 Å². The average Bonchev–Trinajstić information content (AvgIpc) is 1.39. The Bertz CT molecular complexity index is 25.5. The van der Waals surface area contributed by atoms with E-state index in [1.54, 1.807) is 0 Å². The third-order valence-electron chi connectivity index (χ3n) is 0. The Labute approximate surface area is 50.2 Å². The van der Waals surface area contributed by atoms with Gasteiger partial charge >= 0.3 is 34.5 Å². The number of halogens is 2. The van der Waals surface area contributed by atoms with E-state index in [0.29, 0.717) is 0 Å². The quantitative estimate of drug-likeness (QED) is 0.352. The van der Waals surface area contributed by atoms with Gasteiger partial charge in [0.15, 0.2) is 0 Å². The minimum atomic E-state index is -0.346. The van der Waals surface area contributed by atoms with Gasteiger partial charge < -0.3 is 10.1 Å². The standard InChI is InChI=1S/2ClH.HNO2.Ru/c;;2-1-3;/h2*1H;(H,2,3);/q;;;+2/p-3. The molecule has 40 valence electrons. The van der Waals surface area contributed by atoms with Gasteiger partial charge in [0.2, 0.25) is 0 Å². The Morgan fingerprint density at radius 2 is 1.67 bits per heavy atom. The summed E-state index contributed by atoms with van der Waals surface area (Å²) in [6.07, 6.45) is 0. The Hall–Kier alpha value is 0.603. The second-order valence-electron chi connectivity index (χ2n) is 0.125. The molecular formula is Cl2NO2Ru-. The normalized spacial score (nSPS) is 5.67. The minimum absolute atomic E-state index is 0.346. The molecule has 0 bridgehead atoms. The van der Waals surface area contributed by atoms with E-state index >= 15 is 0 Å². The zero-order valence-corrected chi connectivity index (χ0v) is 5.62. The van der Waals surface area contributed by atoms with Gasteiger partial charge in [0.05, 0.1) is 0 Å². The molecule has 0 atom stereocenters. The molecule has 0 rings (SSSR count). The van der Waals surface area contributed by atoms with Gasteiger partial charge in [0.25, 0.3) is 0 Å². The Morgan fingerprint density at radius 3 is 1.67 bits per heavy atom. The predicted molar refractivity (Wildman–Crippen MR) is 20.9 cm³/mol.